The Morgan fingerprint density at radius 2 is 1.46 bits per heavy atom. The molecule has 0 atom stereocenters. The summed E-state index contributed by atoms with van der Waals surface area (Å²) in [4.78, 5) is 15.6. The van der Waals surface area contributed by atoms with Crippen LogP contribution >= 0.6 is 11.6 Å². The van der Waals surface area contributed by atoms with E-state index < -0.39 is 10.0 Å². The molecule has 1 aliphatic rings. The van der Waals surface area contributed by atoms with Gasteiger partial charge in [0.05, 0.1) is 10.6 Å². The van der Waals surface area contributed by atoms with E-state index in [4.69, 9.17) is 11.6 Å². The molecule has 0 bridgehead atoms. The SMILES string of the molecule is O=C1C=CC(=N/C(=N/S(=O)(=O)c2ccccc2)c2ccc(Cl)cc2)C=C1. The first-order valence-corrected chi connectivity index (χ1v) is 9.41. The summed E-state index contributed by atoms with van der Waals surface area (Å²) in [5, 5.41) is 0.509. The van der Waals surface area contributed by atoms with E-state index in [0.29, 0.717) is 16.3 Å². The molecule has 7 heteroatoms. The molecule has 5 nitrogen and oxygen atoms in total. The number of ketones is 1. The Morgan fingerprint density at radius 1 is 0.846 bits per heavy atom. The van der Waals surface area contributed by atoms with Crippen LogP contribution in [0, 0.1) is 0 Å². The summed E-state index contributed by atoms with van der Waals surface area (Å²) in [5.41, 5.74) is 0.904. The molecular weight excluding hydrogens is 372 g/mol. The number of allylic oxidation sites excluding steroid dienone is 4. The van der Waals surface area contributed by atoms with Crippen LogP contribution in [0.4, 0.5) is 0 Å². The minimum atomic E-state index is -3.95. The highest BCUT2D eigenvalue weighted by Gasteiger charge is 2.15. The molecule has 130 valence electrons. The van der Waals surface area contributed by atoms with Crippen molar-refractivity contribution >= 4 is 39.0 Å². The fourth-order valence-corrected chi connectivity index (χ4v) is 3.24. The van der Waals surface area contributed by atoms with E-state index in [2.05, 4.69) is 9.39 Å². The molecule has 0 radical (unpaired) electrons. The van der Waals surface area contributed by atoms with Crippen LogP contribution in [0.1, 0.15) is 5.56 Å². The summed E-state index contributed by atoms with van der Waals surface area (Å²) < 4.78 is 29.1. The van der Waals surface area contributed by atoms with Crippen molar-refractivity contribution in [1.29, 1.82) is 0 Å². The van der Waals surface area contributed by atoms with E-state index in [1.807, 2.05) is 0 Å². The number of carbonyl (C=O) groups excluding carboxylic acids is 1. The predicted octanol–water partition coefficient (Wildman–Crippen LogP) is 3.61. The maximum atomic E-state index is 12.6. The average molecular weight is 385 g/mol. The van der Waals surface area contributed by atoms with Gasteiger partial charge >= 0.3 is 0 Å². The Morgan fingerprint density at radius 3 is 2.08 bits per heavy atom. The lowest BCUT2D eigenvalue weighted by Gasteiger charge is -2.06. The van der Waals surface area contributed by atoms with Crippen LogP contribution in [-0.4, -0.2) is 25.7 Å². The van der Waals surface area contributed by atoms with Gasteiger partial charge in [0.2, 0.25) is 0 Å². The monoisotopic (exact) mass is 384 g/mol. The second kappa shape index (κ2) is 7.59. The number of carbonyl (C=O) groups is 1. The van der Waals surface area contributed by atoms with E-state index in [0.717, 1.165) is 0 Å². The lowest BCUT2D eigenvalue weighted by Crippen LogP contribution is -2.08. The Bertz CT molecular complexity index is 1030. The molecule has 26 heavy (non-hydrogen) atoms. The molecule has 1 aliphatic carbocycles. The highest BCUT2D eigenvalue weighted by atomic mass is 35.5. The summed E-state index contributed by atoms with van der Waals surface area (Å²) >= 11 is 5.90. The summed E-state index contributed by atoms with van der Waals surface area (Å²) in [7, 11) is -3.95. The molecule has 0 heterocycles. The molecule has 0 aromatic heterocycles. The highest BCUT2D eigenvalue weighted by molar-refractivity contribution is 7.90. The minimum Gasteiger partial charge on any atom is -0.290 e. The first-order valence-electron chi connectivity index (χ1n) is 7.59. The fourth-order valence-electron chi connectivity index (χ4n) is 2.14. The third-order valence-corrected chi connectivity index (χ3v) is 4.96. The second-order valence-electron chi connectivity index (χ2n) is 5.32. The zero-order valence-corrected chi connectivity index (χ0v) is 15.0. The van der Waals surface area contributed by atoms with Crippen LogP contribution in [0.15, 0.2) is 93.2 Å². The number of hydrogen-bond donors (Lipinski definition) is 0. The van der Waals surface area contributed by atoms with Crippen molar-refractivity contribution in [1.82, 2.24) is 0 Å². The summed E-state index contributed by atoms with van der Waals surface area (Å²) in [6.07, 6.45) is 5.71. The van der Waals surface area contributed by atoms with Gasteiger partial charge in [-0.15, -0.1) is 4.40 Å². The molecule has 0 amide bonds. The average Bonchev–Trinajstić information content (AvgIpc) is 2.64. The highest BCUT2D eigenvalue weighted by Crippen LogP contribution is 2.16. The first-order chi connectivity index (χ1) is 12.4. The third kappa shape index (κ3) is 4.41. The lowest BCUT2D eigenvalue weighted by molar-refractivity contribution is -0.110. The van der Waals surface area contributed by atoms with E-state index in [9.17, 15) is 13.2 Å². The van der Waals surface area contributed by atoms with Crippen molar-refractivity contribution in [2.45, 2.75) is 4.90 Å². The summed E-state index contributed by atoms with van der Waals surface area (Å²) in [6, 6.07) is 14.4. The Balaban J connectivity index is 2.10. The van der Waals surface area contributed by atoms with Crippen LogP contribution in [0.5, 0.6) is 0 Å². The molecule has 0 saturated heterocycles. The number of rotatable bonds is 3. The van der Waals surface area contributed by atoms with Crippen molar-refractivity contribution in [3.05, 3.63) is 89.5 Å². The third-order valence-electron chi connectivity index (χ3n) is 3.42. The molecule has 0 N–H and O–H groups in total. The number of hydrogen-bond acceptors (Lipinski definition) is 3. The van der Waals surface area contributed by atoms with Gasteiger partial charge in [0.1, 0.15) is 0 Å². The van der Waals surface area contributed by atoms with Gasteiger partial charge in [-0.3, -0.25) is 4.79 Å². The Hall–Kier alpha value is -2.83. The topological polar surface area (TPSA) is 75.9 Å². The van der Waals surface area contributed by atoms with Gasteiger partial charge in [0.15, 0.2) is 11.6 Å². The largest absolute Gasteiger partial charge is 0.290 e. The van der Waals surface area contributed by atoms with Crippen molar-refractivity contribution in [3.8, 4) is 0 Å². The number of halogens is 1. The molecule has 3 rings (SSSR count). The number of amidine groups is 1. The maximum absolute atomic E-state index is 12.6. The second-order valence-corrected chi connectivity index (χ2v) is 7.36. The Kier molecular flexibility index (Phi) is 5.25. The van der Waals surface area contributed by atoms with Crippen molar-refractivity contribution in [2.75, 3.05) is 0 Å². The van der Waals surface area contributed by atoms with Gasteiger partial charge in [0, 0.05) is 10.6 Å². The zero-order valence-electron chi connectivity index (χ0n) is 13.4. The van der Waals surface area contributed by atoms with Crippen molar-refractivity contribution in [3.63, 3.8) is 0 Å². The van der Waals surface area contributed by atoms with E-state index in [1.165, 1.54) is 36.4 Å². The number of nitrogens with zero attached hydrogens (tertiary/aromatic N) is 2. The van der Waals surface area contributed by atoms with Crippen LogP contribution in [-0.2, 0) is 14.8 Å². The van der Waals surface area contributed by atoms with Gasteiger partial charge in [-0.05, 0) is 60.7 Å². The standard InChI is InChI=1S/C19H13ClN2O3S/c20-15-8-6-14(7-9-15)19(21-16-10-12-17(23)13-11-16)22-26(24,25)18-4-2-1-3-5-18/h1-13H/b22-19+. The minimum absolute atomic E-state index is 0.00386. The molecule has 0 aliphatic heterocycles. The fraction of sp³-hybridized carbons (Fsp3) is 0. The van der Waals surface area contributed by atoms with Crippen molar-refractivity contribution < 1.29 is 13.2 Å². The zero-order chi connectivity index (χ0) is 18.6. The van der Waals surface area contributed by atoms with Gasteiger partial charge in [-0.2, -0.15) is 8.42 Å². The van der Waals surface area contributed by atoms with E-state index in [-0.39, 0.29) is 16.5 Å². The van der Waals surface area contributed by atoms with Gasteiger partial charge in [0.25, 0.3) is 10.0 Å². The van der Waals surface area contributed by atoms with E-state index in [1.54, 1.807) is 42.5 Å². The molecule has 0 saturated carbocycles. The Labute approximate surface area is 156 Å². The molecule has 0 spiro atoms. The summed E-state index contributed by atoms with van der Waals surface area (Å²) in [6.45, 7) is 0. The molecule has 2 aromatic carbocycles. The number of aliphatic imine (C=N–C) groups is 1. The van der Waals surface area contributed by atoms with Crippen LogP contribution in [0.25, 0.3) is 0 Å². The number of benzene rings is 2. The molecule has 2 aromatic rings. The number of sulfonamides is 1. The van der Waals surface area contributed by atoms with E-state index >= 15 is 0 Å². The predicted molar refractivity (Wildman–Crippen MR) is 102 cm³/mol. The van der Waals surface area contributed by atoms with Crippen LogP contribution in [0.2, 0.25) is 5.02 Å². The van der Waals surface area contributed by atoms with Gasteiger partial charge in [-0.25, -0.2) is 4.99 Å². The van der Waals surface area contributed by atoms with Gasteiger partial charge in [-0.1, -0.05) is 29.8 Å². The smallest absolute Gasteiger partial charge is 0.284 e. The van der Waals surface area contributed by atoms with Crippen LogP contribution < -0.4 is 0 Å². The normalized spacial score (nSPS) is 14.6. The quantitative estimate of drug-likeness (QED) is 0.460. The molecular formula is C19H13ClN2O3S. The maximum Gasteiger partial charge on any atom is 0.284 e. The van der Waals surface area contributed by atoms with Crippen molar-refractivity contribution in [2.24, 2.45) is 9.39 Å². The summed E-state index contributed by atoms with van der Waals surface area (Å²) in [5.74, 6) is -0.157. The lowest BCUT2D eigenvalue weighted by atomic mass is 10.1. The first kappa shape index (κ1) is 18.0. The van der Waals surface area contributed by atoms with Crippen LogP contribution in [0.3, 0.4) is 0 Å². The molecule has 0 unspecified atom stereocenters. The molecule has 0 fully saturated rings. The van der Waals surface area contributed by atoms with Gasteiger partial charge < -0.3 is 0 Å².